The highest BCUT2D eigenvalue weighted by Crippen LogP contribution is 2.34. The lowest BCUT2D eigenvalue weighted by Gasteiger charge is -2.15. The van der Waals surface area contributed by atoms with Crippen LogP contribution in [0.25, 0.3) is 11.8 Å². The first-order valence-electron chi connectivity index (χ1n) is 8.01. The molecule has 3 aromatic rings. The molecule has 0 fully saturated rings. The van der Waals surface area contributed by atoms with Crippen LogP contribution in [0.1, 0.15) is 11.3 Å². The van der Waals surface area contributed by atoms with Crippen molar-refractivity contribution in [1.29, 1.82) is 5.26 Å². The predicted octanol–water partition coefficient (Wildman–Crippen LogP) is 4.83. The van der Waals surface area contributed by atoms with Crippen molar-refractivity contribution in [3.05, 3.63) is 89.1 Å². The van der Waals surface area contributed by atoms with Crippen molar-refractivity contribution in [1.82, 2.24) is 4.57 Å². The summed E-state index contributed by atoms with van der Waals surface area (Å²) in [5, 5.41) is 9.38. The van der Waals surface area contributed by atoms with Gasteiger partial charge in [-0.3, -0.25) is 0 Å². The zero-order chi connectivity index (χ0) is 20.4. The first-order valence-corrected chi connectivity index (χ1v) is 9.49. The molecule has 1 heterocycles. The first-order chi connectivity index (χ1) is 13.2. The van der Waals surface area contributed by atoms with Gasteiger partial charge >= 0.3 is 6.18 Å². The van der Waals surface area contributed by atoms with Gasteiger partial charge in [0.2, 0.25) is 9.84 Å². The summed E-state index contributed by atoms with van der Waals surface area (Å²) in [6, 6.07) is 16.8. The molecule has 1 aromatic heterocycles. The van der Waals surface area contributed by atoms with E-state index < -0.39 is 26.5 Å². The van der Waals surface area contributed by atoms with Crippen molar-refractivity contribution in [2.24, 2.45) is 0 Å². The Labute approximate surface area is 159 Å². The van der Waals surface area contributed by atoms with E-state index in [1.807, 2.05) is 0 Å². The zero-order valence-electron chi connectivity index (χ0n) is 14.3. The van der Waals surface area contributed by atoms with Crippen LogP contribution >= 0.6 is 0 Å². The molecule has 4 nitrogen and oxygen atoms in total. The molecule has 8 heteroatoms. The van der Waals surface area contributed by atoms with E-state index in [4.69, 9.17) is 0 Å². The van der Waals surface area contributed by atoms with Crippen LogP contribution in [0.5, 0.6) is 0 Å². The van der Waals surface area contributed by atoms with E-state index >= 15 is 0 Å². The summed E-state index contributed by atoms with van der Waals surface area (Å²) in [6.07, 6.45) is -2.15. The van der Waals surface area contributed by atoms with Gasteiger partial charge in [0.05, 0.1) is 16.1 Å². The highest BCUT2D eigenvalue weighted by Gasteiger charge is 2.34. The minimum Gasteiger partial charge on any atom is -0.317 e. The van der Waals surface area contributed by atoms with Crippen molar-refractivity contribution in [2.75, 3.05) is 0 Å². The number of para-hydroxylation sites is 1. The topological polar surface area (TPSA) is 62.9 Å². The summed E-state index contributed by atoms with van der Waals surface area (Å²) in [7, 11) is -4.10. The Morgan fingerprint density at radius 2 is 1.61 bits per heavy atom. The number of alkyl halides is 3. The Bertz CT molecular complexity index is 1170. The second-order valence-corrected chi connectivity index (χ2v) is 7.67. The minimum absolute atomic E-state index is 0.0726. The van der Waals surface area contributed by atoms with Crippen molar-refractivity contribution < 1.29 is 21.6 Å². The monoisotopic (exact) mass is 402 g/mol. The lowest BCUT2D eigenvalue weighted by Crippen LogP contribution is -2.11. The smallest absolute Gasteiger partial charge is 0.317 e. The van der Waals surface area contributed by atoms with E-state index in [0.29, 0.717) is 0 Å². The maximum absolute atomic E-state index is 13.3. The van der Waals surface area contributed by atoms with E-state index in [0.717, 1.165) is 12.1 Å². The number of nitrogens with zero attached hydrogens (tertiary/aromatic N) is 2. The van der Waals surface area contributed by atoms with E-state index in [1.165, 1.54) is 65.4 Å². The molecule has 0 aliphatic carbocycles. The van der Waals surface area contributed by atoms with Gasteiger partial charge in [-0.2, -0.15) is 18.4 Å². The van der Waals surface area contributed by atoms with Crippen molar-refractivity contribution in [3.63, 3.8) is 0 Å². The third-order valence-corrected chi connectivity index (χ3v) is 5.66. The molecular weight excluding hydrogens is 389 g/mol. The average Bonchev–Trinajstić information content (AvgIpc) is 3.14. The summed E-state index contributed by atoms with van der Waals surface area (Å²) in [6.45, 7) is 0. The zero-order valence-corrected chi connectivity index (χ0v) is 15.1. The molecule has 0 unspecified atom stereocenters. The number of hydrogen-bond acceptors (Lipinski definition) is 3. The lowest BCUT2D eigenvalue weighted by molar-refractivity contribution is -0.137. The van der Waals surface area contributed by atoms with Crippen molar-refractivity contribution >= 4 is 15.9 Å². The van der Waals surface area contributed by atoms with E-state index in [1.54, 1.807) is 12.1 Å². The van der Waals surface area contributed by atoms with Gasteiger partial charge in [0, 0.05) is 11.9 Å². The molecule has 142 valence electrons. The Morgan fingerprint density at radius 1 is 0.964 bits per heavy atom. The molecule has 0 atom stereocenters. The number of hydrogen-bond donors (Lipinski definition) is 0. The van der Waals surface area contributed by atoms with Gasteiger partial charge in [0.1, 0.15) is 6.07 Å². The molecule has 0 bridgehead atoms. The van der Waals surface area contributed by atoms with Crippen LogP contribution in [0, 0.1) is 11.3 Å². The number of halogens is 3. The van der Waals surface area contributed by atoms with E-state index in [9.17, 15) is 26.9 Å². The fourth-order valence-electron chi connectivity index (χ4n) is 2.69. The molecule has 0 spiro atoms. The largest absolute Gasteiger partial charge is 0.418 e. The Kier molecular flexibility index (Phi) is 5.12. The normalized spacial score (nSPS) is 12.6. The third kappa shape index (κ3) is 3.70. The van der Waals surface area contributed by atoms with Gasteiger partial charge in [0.15, 0.2) is 4.91 Å². The van der Waals surface area contributed by atoms with Crippen LogP contribution in [0.2, 0.25) is 0 Å². The lowest BCUT2D eigenvalue weighted by atomic mass is 10.1. The molecule has 0 saturated carbocycles. The minimum atomic E-state index is -4.59. The predicted molar refractivity (Wildman–Crippen MR) is 98.0 cm³/mol. The molecule has 0 radical (unpaired) electrons. The maximum atomic E-state index is 13.3. The van der Waals surface area contributed by atoms with Crippen LogP contribution < -0.4 is 0 Å². The van der Waals surface area contributed by atoms with Crippen LogP contribution in [-0.4, -0.2) is 13.0 Å². The van der Waals surface area contributed by atoms with Gasteiger partial charge in [0.25, 0.3) is 0 Å². The van der Waals surface area contributed by atoms with Crippen LogP contribution in [0.4, 0.5) is 13.2 Å². The SMILES string of the molecule is N#C/C(=C\c1cccn1-c1ccccc1C(F)(F)F)S(=O)(=O)c1ccccc1. The van der Waals surface area contributed by atoms with E-state index in [2.05, 4.69) is 0 Å². The quantitative estimate of drug-likeness (QED) is 0.587. The molecular formula is C20H13F3N2O2S. The fourth-order valence-corrected chi connectivity index (χ4v) is 3.85. The number of aromatic nitrogens is 1. The molecule has 0 aliphatic heterocycles. The summed E-state index contributed by atoms with van der Waals surface area (Å²) in [5.41, 5.74) is -0.904. The highest BCUT2D eigenvalue weighted by atomic mass is 32.2. The van der Waals surface area contributed by atoms with Gasteiger partial charge in [-0.15, -0.1) is 0 Å². The molecule has 28 heavy (non-hydrogen) atoms. The highest BCUT2D eigenvalue weighted by molar-refractivity contribution is 7.95. The van der Waals surface area contributed by atoms with Crippen molar-refractivity contribution in [3.8, 4) is 11.8 Å². The number of benzene rings is 2. The number of allylic oxidation sites excluding steroid dienone is 1. The second kappa shape index (κ2) is 7.37. The molecule has 0 N–H and O–H groups in total. The van der Waals surface area contributed by atoms with Gasteiger partial charge < -0.3 is 4.57 Å². The Morgan fingerprint density at radius 3 is 2.25 bits per heavy atom. The molecule has 3 rings (SSSR count). The maximum Gasteiger partial charge on any atom is 0.418 e. The van der Waals surface area contributed by atoms with Crippen LogP contribution in [0.3, 0.4) is 0 Å². The van der Waals surface area contributed by atoms with Gasteiger partial charge in [-0.25, -0.2) is 8.42 Å². The molecule has 0 aliphatic rings. The second-order valence-electron chi connectivity index (χ2n) is 5.75. The van der Waals surface area contributed by atoms with Gasteiger partial charge in [-0.1, -0.05) is 30.3 Å². The van der Waals surface area contributed by atoms with Crippen LogP contribution in [-0.2, 0) is 16.0 Å². The Balaban J connectivity index is 2.14. The average molecular weight is 402 g/mol. The third-order valence-electron chi connectivity index (χ3n) is 3.98. The number of nitriles is 1. The summed E-state index contributed by atoms with van der Waals surface area (Å²) in [4.78, 5) is -0.639. The van der Waals surface area contributed by atoms with E-state index in [-0.39, 0.29) is 16.3 Å². The summed E-state index contributed by atoms with van der Waals surface area (Å²) < 4.78 is 66.6. The Hall–Kier alpha value is -3.31. The standard InChI is InChI=1S/C20H13F3N2O2S/c21-20(22,23)18-10-4-5-11-19(18)25-12-6-7-15(25)13-17(14-24)28(26,27)16-8-2-1-3-9-16/h1-13H/b17-13+. The molecule has 0 saturated heterocycles. The number of rotatable bonds is 4. The summed E-state index contributed by atoms with van der Waals surface area (Å²) in [5.74, 6) is 0. The number of sulfone groups is 1. The van der Waals surface area contributed by atoms with Gasteiger partial charge in [-0.05, 0) is 42.5 Å². The van der Waals surface area contributed by atoms with Crippen LogP contribution in [0.15, 0.2) is 82.7 Å². The molecule has 0 amide bonds. The molecule has 2 aromatic carbocycles. The fraction of sp³-hybridized carbons (Fsp3) is 0.0500. The van der Waals surface area contributed by atoms with Crippen molar-refractivity contribution in [2.45, 2.75) is 11.1 Å². The first kappa shape index (κ1) is 19.5. The summed E-state index contributed by atoms with van der Waals surface area (Å²) >= 11 is 0.